The molecule has 0 radical (unpaired) electrons. The number of nitrogens with zero attached hydrogens (tertiary/aromatic N) is 2. The average Bonchev–Trinajstić information content (AvgIpc) is 2.98. The van der Waals surface area contributed by atoms with E-state index in [0.717, 1.165) is 25.7 Å². The van der Waals surface area contributed by atoms with Crippen LogP contribution in [0.4, 0.5) is 5.69 Å². The first-order valence-corrected chi connectivity index (χ1v) is 10.4. The molecule has 1 aromatic heterocycles. The summed E-state index contributed by atoms with van der Waals surface area (Å²) in [5, 5.41) is 2.73. The molecule has 1 aliphatic rings. The smallest absolute Gasteiger partial charge is 0.255 e. The van der Waals surface area contributed by atoms with E-state index in [2.05, 4.69) is 10.3 Å². The normalized spacial score (nSPS) is 15.7. The predicted molar refractivity (Wildman–Crippen MR) is 102 cm³/mol. The van der Waals surface area contributed by atoms with Crippen molar-refractivity contribution in [3.63, 3.8) is 0 Å². The van der Waals surface area contributed by atoms with Crippen LogP contribution in [0.15, 0.2) is 47.6 Å². The first-order chi connectivity index (χ1) is 13.0. The van der Waals surface area contributed by atoms with Crippen LogP contribution in [-0.2, 0) is 10.0 Å². The molecule has 0 spiro atoms. The summed E-state index contributed by atoms with van der Waals surface area (Å²) in [6.45, 7) is 1.04. The highest BCUT2D eigenvalue weighted by Crippen LogP contribution is 2.30. The Labute approximate surface area is 159 Å². The molecule has 0 unspecified atom stereocenters. The van der Waals surface area contributed by atoms with E-state index < -0.39 is 10.0 Å². The zero-order valence-corrected chi connectivity index (χ0v) is 16.0. The standard InChI is InChI=1S/C19H23N3O4S/c1-26-18-7-6-16(27(24,25)22-12-4-2-3-5-13-22)14-17(18)21-19(23)15-8-10-20-11-9-15/h6-11,14H,2-5,12-13H2,1H3,(H,21,23). The molecule has 1 aromatic carbocycles. The van der Waals surface area contributed by atoms with Gasteiger partial charge in [0.2, 0.25) is 10.0 Å². The summed E-state index contributed by atoms with van der Waals surface area (Å²) >= 11 is 0. The summed E-state index contributed by atoms with van der Waals surface area (Å²) in [6.07, 6.45) is 6.85. The second kappa shape index (κ2) is 8.49. The van der Waals surface area contributed by atoms with Gasteiger partial charge in [0.15, 0.2) is 0 Å². The van der Waals surface area contributed by atoms with Crippen LogP contribution in [-0.4, -0.2) is 43.8 Å². The molecule has 27 heavy (non-hydrogen) atoms. The Hall–Kier alpha value is -2.45. The van der Waals surface area contributed by atoms with Crippen molar-refractivity contribution in [2.24, 2.45) is 0 Å². The lowest BCUT2D eigenvalue weighted by molar-refractivity contribution is 0.102. The molecule has 2 aromatic rings. The fourth-order valence-electron chi connectivity index (χ4n) is 3.07. The largest absolute Gasteiger partial charge is 0.495 e. The molecule has 3 rings (SSSR count). The number of pyridine rings is 1. The number of sulfonamides is 1. The lowest BCUT2D eigenvalue weighted by Gasteiger charge is -2.21. The molecule has 1 saturated heterocycles. The van der Waals surface area contributed by atoms with Gasteiger partial charge in [-0.25, -0.2) is 8.42 Å². The van der Waals surface area contributed by atoms with E-state index in [9.17, 15) is 13.2 Å². The Kier molecular flexibility index (Phi) is 6.08. The maximum atomic E-state index is 13.0. The number of nitrogens with one attached hydrogen (secondary N) is 1. The van der Waals surface area contributed by atoms with E-state index in [-0.39, 0.29) is 10.8 Å². The van der Waals surface area contributed by atoms with Gasteiger partial charge >= 0.3 is 0 Å². The van der Waals surface area contributed by atoms with Crippen molar-refractivity contribution in [3.05, 3.63) is 48.3 Å². The number of anilines is 1. The van der Waals surface area contributed by atoms with E-state index in [1.165, 1.54) is 35.9 Å². The summed E-state index contributed by atoms with van der Waals surface area (Å²) < 4.78 is 32.8. The van der Waals surface area contributed by atoms with Crippen LogP contribution in [0.2, 0.25) is 0 Å². The van der Waals surface area contributed by atoms with Crippen molar-refractivity contribution in [2.75, 3.05) is 25.5 Å². The molecule has 1 N–H and O–H groups in total. The number of amides is 1. The zero-order chi connectivity index (χ0) is 19.3. The van der Waals surface area contributed by atoms with Gasteiger partial charge in [-0.05, 0) is 43.2 Å². The number of ether oxygens (including phenoxy) is 1. The highest BCUT2D eigenvalue weighted by Gasteiger charge is 2.26. The van der Waals surface area contributed by atoms with Crippen molar-refractivity contribution in [3.8, 4) is 5.75 Å². The Morgan fingerprint density at radius 1 is 1.07 bits per heavy atom. The Morgan fingerprint density at radius 2 is 1.74 bits per heavy atom. The van der Waals surface area contributed by atoms with E-state index in [4.69, 9.17) is 4.74 Å². The van der Waals surface area contributed by atoms with Gasteiger partial charge in [0, 0.05) is 31.0 Å². The average molecular weight is 389 g/mol. The molecule has 0 saturated carbocycles. The molecule has 1 amide bonds. The van der Waals surface area contributed by atoms with Crippen LogP contribution in [0.25, 0.3) is 0 Å². The SMILES string of the molecule is COc1ccc(S(=O)(=O)N2CCCCCC2)cc1NC(=O)c1ccncc1. The van der Waals surface area contributed by atoms with Crippen LogP contribution < -0.4 is 10.1 Å². The van der Waals surface area contributed by atoms with Gasteiger partial charge in [0.1, 0.15) is 5.75 Å². The Morgan fingerprint density at radius 3 is 2.37 bits per heavy atom. The summed E-state index contributed by atoms with van der Waals surface area (Å²) in [6, 6.07) is 7.70. The fraction of sp³-hybridized carbons (Fsp3) is 0.368. The van der Waals surface area contributed by atoms with E-state index >= 15 is 0 Å². The number of methoxy groups -OCH3 is 1. The highest BCUT2D eigenvalue weighted by atomic mass is 32.2. The van der Waals surface area contributed by atoms with Gasteiger partial charge in [-0.1, -0.05) is 12.8 Å². The van der Waals surface area contributed by atoms with Crippen molar-refractivity contribution in [1.82, 2.24) is 9.29 Å². The van der Waals surface area contributed by atoms with Gasteiger partial charge in [-0.2, -0.15) is 4.31 Å². The number of hydrogen-bond donors (Lipinski definition) is 1. The number of carbonyl (C=O) groups is 1. The summed E-state index contributed by atoms with van der Waals surface area (Å²) in [5.74, 6) is 0.0345. The fourth-order valence-corrected chi connectivity index (χ4v) is 4.62. The van der Waals surface area contributed by atoms with E-state index in [1.807, 2.05) is 0 Å². The van der Waals surface area contributed by atoms with Gasteiger partial charge in [0.25, 0.3) is 5.91 Å². The minimum atomic E-state index is -3.62. The molecule has 0 atom stereocenters. The topological polar surface area (TPSA) is 88.6 Å². The first kappa shape index (κ1) is 19.3. The summed E-state index contributed by atoms with van der Waals surface area (Å²) in [7, 11) is -2.14. The van der Waals surface area contributed by atoms with E-state index in [0.29, 0.717) is 30.1 Å². The number of aromatic nitrogens is 1. The van der Waals surface area contributed by atoms with Crippen molar-refractivity contribution in [1.29, 1.82) is 0 Å². The zero-order valence-electron chi connectivity index (χ0n) is 15.2. The third-order valence-electron chi connectivity index (χ3n) is 4.56. The van der Waals surface area contributed by atoms with Crippen LogP contribution in [0.1, 0.15) is 36.0 Å². The molecule has 1 aliphatic heterocycles. The lowest BCUT2D eigenvalue weighted by atomic mass is 10.2. The number of hydrogen-bond acceptors (Lipinski definition) is 5. The van der Waals surface area contributed by atoms with Crippen LogP contribution in [0, 0.1) is 0 Å². The van der Waals surface area contributed by atoms with Gasteiger partial charge in [-0.15, -0.1) is 0 Å². The molecule has 8 heteroatoms. The number of carbonyl (C=O) groups excluding carboxylic acids is 1. The van der Waals surface area contributed by atoms with Crippen LogP contribution in [0.5, 0.6) is 5.75 Å². The third-order valence-corrected chi connectivity index (χ3v) is 6.46. The molecule has 1 fully saturated rings. The van der Waals surface area contributed by atoms with Crippen molar-refractivity contribution < 1.29 is 17.9 Å². The van der Waals surface area contributed by atoms with Crippen molar-refractivity contribution in [2.45, 2.75) is 30.6 Å². The minimum absolute atomic E-state index is 0.148. The van der Waals surface area contributed by atoms with E-state index in [1.54, 1.807) is 18.2 Å². The number of benzene rings is 1. The van der Waals surface area contributed by atoms with Crippen molar-refractivity contribution >= 4 is 21.6 Å². The maximum absolute atomic E-state index is 13.0. The predicted octanol–water partition coefficient (Wildman–Crippen LogP) is 2.91. The van der Waals surface area contributed by atoms with Gasteiger partial charge in [-0.3, -0.25) is 9.78 Å². The number of rotatable bonds is 5. The highest BCUT2D eigenvalue weighted by molar-refractivity contribution is 7.89. The first-order valence-electron chi connectivity index (χ1n) is 8.92. The minimum Gasteiger partial charge on any atom is -0.495 e. The second-order valence-corrected chi connectivity index (χ2v) is 8.31. The quantitative estimate of drug-likeness (QED) is 0.849. The summed E-state index contributed by atoms with van der Waals surface area (Å²) in [5.41, 5.74) is 0.739. The molecule has 0 aliphatic carbocycles. The van der Waals surface area contributed by atoms with Gasteiger partial charge < -0.3 is 10.1 Å². The van der Waals surface area contributed by atoms with Gasteiger partial charge in [0.05, 0.1) is 17.7 Å². The molecular weight excluding hydrogens is 366 g/mol. The molecule has 7 nitrogen and oxygen atoms in total. The molecular formula is C19H23N3O4S. The lowest BCUT2D eigenvalue weighted by Crippen LogP contribution is -2.32. The second-order valence-electron chi connectivity index (χ2n) is 6.37. The Balaban J connectivity index is 1.90. The molecule has 144 valence electrons. The maximum Gasteiger partial charge on any atom is 0.255 e. The van der Waals surface area contributed by atoms with Crippen LogP contribution in [0.3, 0.4) is 0 Å². The molecule has 0 bridgehead atoms. The van der Waals surface area contributed by atoms with Crippen LogP contribution >= 0.6 is 0 Å². The third kappa shape index (κ3) is 4.45. The monoisotopic (exact) mass is 389 g/mol. The Bertz CT molecular complexity index is 892. The summed E-state index contributed by atoms with van der Waals surface area (Å²) in [4.78, 5) is 16.5. The molecule has 2 heterocycles.